The van der Waals surface area contributed by atoms with Crippen molar-refractivity contribution in [3.63, 3.8) is 0 Å². The Labute approximate surface area is 242 Å². The Morgan fingerprint density at radius 3 is 1.25 bits per heavy atom. The van der Waals surface area contributed by atoms with Crippen LogP contribution in [0.15, 0.2) is 48.5 Å². The summed E-state index contributed by atoms with van der Waals surface area (Å²) < 4.78 is 9.49. The molecule has 210 valence electrons. The maximum absolute atomic E-state index is 11.6. The van der Waals surface area contributed by atoms with E-state index in [1.165, 1.54) is 52.7 Å². The molecule has 0 aliphatic rings. The van der Waals surface area contributed by atoms with E-state index in [4.69, 9.17) is 9.47 Å². The third-order valence-corrected chi connectivity index (χ3v) is 8.64. The van der Waals surface area contributed by atoms with E-state index in [0.717, 1.165) is 56.8 Å². The first-order valence-electron chi connectivity index (χ1n) is 13.6. The molecule has 0 atom stereocenters. The van der Waals surface area contributed by atoms with E-state index < -0.39 is 0 Å². The minimum atomic E-state index is -0.338. The van der Waals surface area contributed by atoms with Gasteiger partial charge in [-0.05, 0) is 37.1 Å². The first-order valence-corrected chi connectivity index (χ1v) is 15.2. The number of unbranched alkanes of at least 4 members (excludes halogenated alkanes) is 7. The van der Waals surface area contributed by atoms with Crippen LogP contribution in [0.25, 0.3) is 21.1 Å². The van der Waals surface area contributed by atoms with Crippen molar-refractivity contribution in [2.24, 2.45) is 0 Å². The van der Waals surface area contributed by atoms with Crippen LogP contribution >= 0.6 is 22.7 Å². The maximum Gasteiger partial charge on any atom is 0.337 e. The van der Waals surface area contributed by atoms with Crippen molar-refractivity contribution in [2.75, 3.05) is 14.2 Å². The Morgan fingerprint density at radius 2 is 0.900 bits per heavy atom. The number of hydrogen-bond acceptors (Lipinski definition) is 10. The number of rotatable bonds is 15. The first kappa shape index (κ1) is 29.5. The van der Waals surface area contributed by atoms with Gasteiger partial charge in [-0.3, -0.25) is 0 Å². The van der Waals surface area contributed by atoms with E-state index >= 15 is 0 Å². The van der Waals surface area contributed by atoms with Gasteiger partial charge in [-0.2, -0.15) is 0 Å². The lowest BCUT2D eigenvalue weighted by Crippen LogP contribution is -2.00. The second-order valence-electron chi connectivity index (χ2n) is 9.47. The van der Waals surface area contributed by atoms with Crippen molar-refractivity contribution < 1.29 is 19.1 Å². The van der Waals surface area contributed by atoms with Crippen molar-refractivity contribution in [1.29, 1.82) is 0 Å². The molecule has 2 aromatic heterocycles. The minimum Gasteiger partial charge on any atom is -0.465 e. The fraction of sp³-hybridized carbons (Fsp3) is 0.400. The number of carbonyl (C=O) groups excluding carboxylic acids is 2. The van der Waals surface area contributed by atoms with Crippen LogP contribution in [0.1, 0.15) is 82.1 Å². The summed E-state index contributed by atoms with van der Waals surface area (Å²) in [6, 6.07) is 14.6. The summed E-state index contributed by atoms with van der Waals surface area (Å²) in [5.74, 6) is -0.676. The number of esters is 2. The van der Waals surface area contributed by atoms with Gasteiger partial charge in [0.2, 0.25) is 0 Å². The van der Waals surface area contributed by atoms with Crippen molar-refractivity contribution in [1.82, 2.24) is 20.4 Å². The smallest absolute Gasteiger partial charge is 0.337 e. The minimum absolute atomic E-state index is 0.338. The SMILES string of the molecule is COC(=O)c1ccc(-c2nnc(CCCCCCCCCCc3nnc(-c4ccc(C(=O)OC)cc4)s3)s2)cc1. The molecule has 2 heterocycles. The van der Waals surface area contributed by atoms with Gasteiger partial charge in [-0.15, -0.1) is 20.4 Å². The molecule has 0 unspecified atom stereocenters. The van der Waals surface area contributed by atoms with Crippen LogP contribution in [0.2, 0.25) is 0 Å². The van der Waals surface area contributed by atoms with E-state index in [1.54, 1.807) is 46.9 Å². The normalized spacial score (nSPS) is 10.9. The fourth-order valence-electron chi connectivity index (χ4n) is 4.29. The van der Waals surface area contributed by atoms with Gasteiger partial charge in [0, 0.05) is 24.0 Å². The van der Waals surface area contributed by atoms with Gasteiger partial charge in [-0.1, -0.05) is 85.5 Å². The molecule has 0 N–H and O–H groups in total. The first-order chi connectivity index (χ1) is 19.6. The maximum atomic E-state index is 11.6. The zero-order valence-corrected chi connectivity index (χ0v) is 24.6. The molecule has 0 aliphatic heterocycles. The quantitative estimate of drug-likeness (QED) is 0.108. The molecule has 4 aromatic rings. The van der Waals surface area contributed by atoms with E-state index in [0.29, 0.717) is 11.1 Å². The van der Waals surface area contributed by atoms with Crippen LogP contribution in [0, 0.1) is 0 Å². The van der Waals surface area contributed by atoms with Crippen molar-refractivity contribution >= 4 is 34.6 Å². The van der Waals surface area contributed by atoms with E-state index in [9.17, 15) is 9.59 Å². The Morgan fingerprint density at radius 1 is 0.550 bits per heavy atom. The lowest BCUT2D eigenvalue weighted by atomic mass is 10.1. The van der Waals surface area contributed by atoms with Crippen molar-refractivity contribution in [3.05, 3.63) is 69.7 Å². The average molecular weight is 579 g/mol. The number of ether oxygens (including phenoxy) is 2. The Bertz CT molecular complexity index is 1260. The van der Waals surface area contributed by atoms with Crippen LogP contribution in [0.3, 0.4) is 0 Å². The number of carbonyl (C=O) groups is 2. The molecule has 2 aromatic carbocycles. The highest BCUT2D eigenvalue weighted by molar-refractivity contribution is 7.15. The van der Waals surface area contributed by atoms with Crippen molar-refractivity contribution in [3.8, 4) is 21.1 Å². The molecule has 40 heavy (non-hydrogen) atoms. The monoisotopic (exact) mass is 578 g/mol. The summed E-state index contributed by atoms with van der Waals surface area (Å²) in [4.78, 5) is 23.2. The predicted molar refractivity (Wildman–Crippen MR) is 158 cm³/mol. The average Bonchev–Trinajstić information content (AvgIpc) is 3.68. The van der Waals surface area contributed by atoms with E-state index in [1.807, 2.05) is 24.3 Å². The number of methoxy groups -OCH3 is 2. The van der Waals surface area contributed by atoms with Gasteiger partial charge in [-0.25, -0.2) is 9.59 Å². The highest BCUT2D eigenvalue weighted by atomic mass is 32.1. The van der Waals surface area contributed by atoms with Gasteiger partial charge in [0.1, 0.15) is 20.0 Å². The molecular formula is C30H34N4O4S2. The number of benzene rings is 2. The Balaban J connectivity index is 1.05. The van der Waals surface area contributed by atoms with Gasteiger partial charge >= 0.3 is 11.9 Å². The molecule has 0 amide bonds. The summed E-state index contributed by atoms with van der Waals surface area (Å²) in [5, 5.41) is 21.2. The Hall–Kier alpha value is -3.50. The summed E-state index contributed by atoms with van der Waals surface area (Å²) in [6.07, 6.45) is 11.6. The Kier molecular flexibility index (Phi) is 11.3. The fourth-order valence-corrected chi connectivity index (χ4v) is 6.06. The second-order valence-corrected chi connectivity index (χ2v) is 11.6. The summed E-state index contributed by atoms with van der Waals surface area (Å²) in [7, 11) is 2.76. The van der Waals surface area contributed by atoms with Crippen LogP contribution in [0.4, 0.5) is 0 Å². The molecular weight excluding hydrogens is 544 g/mol. The topological polar surface area (TPSA) is 104 Å². The number of hydrogen-bond donors (Lipinski definition) is 0. The number of aromatic nitrogens is 4. The third kappa shape index (κ3) is 8.50. The van der Waals surface area contributed by atoms with Gasteiger partial charge in [0.15, 0.2) is 0 Å². The zero-order valence-electron chi connectivity index (χ0n) is 22.9. The van der Waals surface area contributed by atoms with Crippen LogP contribution in [-0.4, -0.2) is 46.6 Å². The van der Waals surface area contributed by atoms with E-state index in [2.05, 4.69) is 20.4 Å². The van der Waals surface area contributed by atoms with Crippen molar-refractivity contribution in [2.45, 2.75) is 64.2 Å². The molecule has 0 saturated carbocycles. The number of nitrogens with zero attached hydrogens (tertiary/aromatic N) is 4. The molecule has 0 bridgehead atoms. The summed E-state index contributed by atoms with van der Waals surface area (Å²) in [6.45, 7) is 0. The number of aryl methyl sites for hydroxylation is 2. The van der Waals surface area contributed by atoms with Crippen LogP contribution in [-0.2, 0) is 22.3 Å². The lowest BCUT2D eigenvalue weighted by molar-refractivity contribution is 0.0592. The highest BCUT2D eigenvalue weighted by Crippen LogP contribution is 2.26. The molecule has 10 heteroatoms. The molecule has 0 saturated heterocycles. The highest BCUT2D eigenvalue weighted by Gasteiger charge is 2.11. The molecule has 0 radical (unpaired) electrons. The van der Waals surface area contributed by atoms with Gasteiger partial charge in [0.05, 0.1) is 25.3 Å². The summed E-state index contributed by atoms with van der Waals surface area (Å²) in [5.41, 5.74) is 3.00. The van der Waals surface area contributed by atoms with E-state index in [-0.39, 0.29) is 11.9 Å². The molecule has 0 spiro atoms. The molecule has 8 nitrogen and oxygen atoms in total. The van der Waals surface area contributed by atoms with Crippen LogP contribution in [0.5, 0.6) is 0 Å². The van der Waals surface area contributed by atoms with Gasteiger partial charge in [0.25, 0.3) is 0 Å². The summed E-state index contributed by atoms with van der Waals surface area (Å²) >= 11 is 3.24. The molecule has 0 aliphatic carbocycles. The standard InChI is InChI=1S/C30H34N4O4S2/c1-37-29(35)23-17-13-21(14-18-23)27-33-31-25(39-27)11-9-7-5-3-4-6-8-10-12-26-32-34-28(40-26)22-15-19-24(20-16-22)30(36)38-2/h13-20H,3-12H2,1-2H3. The zero-order chi connectivity index (χ0) is 28.2. The van der Waals surface area contributed by atoms with Crippen LogP contribution < -0.4 is 0 Å². The van der Waals surface area contributed by atoms with Gasteiger partial charge < -0.3 is 9.47 Å². The molecule has 4 rings (SSSR count). The second kappa shape index (κ2) is 15.3. The third-order valence-electron chi connectivity index (χ3n) is 6.57. The lowest BCUT2D eigenvalue weighted by Gasteiger charge is -2.01. The largest absolute Gasteiger partial charge is 0.465 e. The molecule has 0 fully saturated rings. The predicted octanol–water partition coefficient (Wildman–Crippen LogP) is 7.20.